The molecule has 0 spiro atoms. The molecule has 0 bridgehead atoms. The number of carbonyl (C=O) groups is 2. The van der Waals surface area contributed by atoms with E-state index in [1.54, 1.807) is 4.90 Å². The van der Waals surface area contributed by atoms with Gasteiger partial charge in [0.15, 0.2) is 0 Å². The van der Waals surface area contributed by atoms with Crippen molar-refractivity contribution in [3.05, 3.63) is 47.8 Å². The summed E-state index contributed by atoms with van der Waals surface area (Å²) >= 11 is 0. The lowest BCUT2D eigenvalue weighted by molar-refractivity contribution is -0.137. The van der Waals surface area contributed by atoms with Crippen LogP contribution < -0.4 is 10.2 Å². The van der Waals surface area contributed by atoms with Crippen LogP contribution >= 0.6 is 0 Å². The summed E-state index contributed by atoms with van der Waals surface area (Å²) in [5, 5.41) is 2.51. The molecule has 0 atom stereocenters. The summed E-state index contributed by atoms with van der Waals surface area (Å²) in [6.45, 7) is 2.16. The van der Waals surface area contributed by atoms with Gasteiger partial charge in [-0.25, -0.2) is 9.97 Å². The lowest BCUT2D eigenvalue weighted by Gasteiger charge is -2.32. The van der Waals surface area contributed by atoms with Crippen LogP contribution in [-0.2, 0) is 11.0 Å². The minimum Gasteiger partial charge on any atom is -0.342 e. The van der Waals surface area contributed by atoms with Crippen molar-refractivity contribution < 1.29 is 22.8 Å². The highest BCUT2D eigenvalue weighted by Gasteiger charge is 2.30. The SMILES string of the molecule is O=CN1CCN(c2nccc(C(=O)Nc3ccc(C(F)(F)F)cc3)n2)CC1. The monoisotopic (exact) mass is 379 g/mol. The molecule has 27 heavy (non-hydrogen) atoms. The van der Waals surface area contributed by atoms with E-state index in [4.69, 9.17) is 0 Å². The Morgan fingerprint density at radius 2 is 1.74 bits per heavy atom. The maximum absolute atomic E-state index is 12.6. The number of aromatic nitrogens is 2. The standard InChI is InChI=1S/C17H16F3N5O2/c18-17(19,20)12-1-3-13(4-2-12)22-15(27)14-5-6-21-16(23-14)25-9-7-24(11-26)8-10-25/h1-6,11H,7-10H2,(H,22,27). The molecule has 0 unspecified atom stereocenters. The van der Waals surface area contributed by atoms with Crippen LogP contribution in [0.3, 0.4) is 0 Å². The van der Waals surface area contributed by atoms with Crippen molar-refractivity contribution in [3.63, 3.8) is 0 Å². The topological polar surface area (TPSA) is 78.4 Å². The van der Waals surface area contributed by atoms with E-state index in [1.165, 1.54) is 24.4 Å². The number of nitrogens with zero attached hydrogens (tertiary/aromatic N) is 4. The molecule has 2 amide bonds. The third-order valence-electron chi connectivity index (χ3n) is 4.09. The fourth-order valence-electron chi connectivity index (χ4n) is 2.59. The highest BCUT2D eigenvalue weighted by molar-refractivity contribution is 6.02. The van der Waals surface area contributed by atoms with E-state index in [-0.39, 0.29) is 11.4 Å². The van der Waals surface area contributed by atoms with Crippen LogP contribution in [0.4, 0.5) is 24.8 Å². The first-order valence-electron chi connectivity index (χ1n) is 8.13. The zero-order chi connectivity index (χ0) is 19.4. The van der Waals surface area contributed by atoms with Gasteiger partial charge < -0.3 is 15.1 Å². The molecular formula is C17H16F3N5O2. The van der Waals surface area contributed by atoms with Crippen LogP contribution in [-0.4, -0.2) is 53.4 Å². The Bertz CT molecular complexity index is 818. The Balaban J connectivity index is 1.68. The number of piperazine rings is 1. The predicted octanol–water partition coefficient (Wildman–Crippen LogP) is 2.03. The number of halogens is 3. The second-order valence-electron chi connectivity index (χ2n) is 5.90. The van der Waals surface area contributed by atoms with Gasteiger partial charge in [-0.2, -0.15) is 13.2 Å². The number of carbonyl (C=O) groups excluding carboxylic acids is 2. The number of rotatable bonds is 4. The maximum Gasteiger partial charge on any atom is 0.416 e. The summed E-state index contributed by atoms with van der Waals surface area (Å²) in [5.41, 5.74) is -0.468. The number of hydrogen-bond acceptors (Lipinski definition) is 5. The molecule has 1 aromatic carbocycles. The Labute approximate surface area is 152 Å². The lowest BCUT2D eigenvalue weighted by Crippen LogP contribution is -2.46. The molecule has 7 nitrogen and oxygen atoms in total. The first-order valence-corrected chi connectivity index (χ1v) is 8.13. The van der Waals surface area contributed by atoms with Gasteiger partial charge in [0.2, 0.25) is 12.4 Å². The smallest absolute Gasteiger partial charge is 0.342 e. The molecule has 1 aliphatic rings. The minimum absolute atomic E-state index is 0.0951. The molecule has 1 aliphatic heterocycles. The van der Waals surface area contributed by atoms with Gasteiger partial charge in [0, 0.05) is 38.1 Å². The summed E-state index contributed by atoms with van der Waals surface area (Å²) in [4.78, 5) is 34.9. The molecule has 1 fully saturated rings. The number of anilines is 2. The molecule has 0 saturated carbocycles. The average molecular weight is 379 g/mol. The van der Waals surface area contributed by atoms with Crippen LogP contribution in [0.5, 0.6) is 0 Å². The van der Waals surface area contributed by atoms with Gasteiger partial charge in [-0.3, -0.25) is 9.59 Å². The van der Waals surface area contributed by atoms with Crippen molar-refractivity contribution in [1.82, 2.24) is 14.9 Å². The maximum atomic E-state index is 12.6. The zero-order valence-electron chi connectivity index (χ0n) is 14.1. The highest BCUT2D eigenvalue weighted by Crippen LogP contribution is 2.29. The van der Waals surface area contributed by atoms with Crippen LogP contribution in [0, 0.1) is 0 Å². The van der Waals surface area contributed by atoms with Crippen molar-refractivity contribution in [2.24, 2.45) is 0 Å². The summed E-state index contributed by atoms with van der Waals surface area (Å²) < 4.78 is 37.8. The molecular weight excluding hydrogens is 363 g/mol. The number of benzene rings is 1. The van der Waals surface area contributed by atoms with E-state index in [1.807, 2.05) is 4.90 Å². The van der Waals surface area contributed by atoms with E-state index in [0.717, 1.165) is 18.5 Å². The number of hydrogen-bond donors (Lipinski definition) is 1. The van der Waals surface area contributed by atoms with Crippen molar-refractivity contribution >= 4 is 24.0 Å². The van der Waals surface area contributed by atoms with E-state index in [9.17, 15) is 22.8 Å². The number of amides is 2. The first kappa shape index (κ1) is 18.6. The van der Waals surface area contributed by atoms with Gasteiger partial charge in [-0.15, -0.1) is 0 Å². The van der Waals surface area contributed by atoms with Crippen molar-refractivity contribution in [1.29, 1.82) is 0 Å². The fourth-order valence-corrected chi connectivity index (χ4v) is 2.59. The Morgan fingerprint density at radius 1 is 1.07 bits per heavy atom. The van der Waals surface area contributed by atoms with Crippen molar-refractivity contribution in [3.8, 4) is 0 Å². The van der Waals surface area contributed by atoms with Crippen molar-refractivity contribution in [2.45, 2.75) is 6.18 Å². The van der Waals surface area contributed by atoms with Crippen LogP contribution in [0.25, 0.3) is 0 Å². The molecule has 2 heterocycles. The number of alkyl halides is 3. The molecule has 142 valence electrons. The van der Waals surface area contributed by atoms with E-state index < -0.39 is 17.6 Å². The lowest BCUT2D eigenvalue weighted by atomic mass is 10.2. The normalized spacial score (nSPS) is 14.8. The van der Waals surface area contributed by atoms with Gasteiger partial charge in [0.1, 0.15) is 5.69 Å². The van der Waals surface area contributed by atoms with Crippen LogP contribution in [0.1, 0.15) is 16.1 Å². The zero-order valence-corrected chi connectivity index (χ0v) is 14.1. The van der Waals surface area contributed by atoms with Gasteiger partial charge in [-0.05, 0) is 30.3 Å². The first-order chi connectivity index (χ1) is 12.9. The molecule has 0 radical (unpaired) electrons. The third kappa shape index (κ3) is 4.52. The molecule has 0 aliphatic carbocycles. The summed E-state index contributed by atoms with van der Waals surface area (Å²) in [5.74, 6) is -0.189. The highest BCUT2D eigenvalue weighted by atomic mass is 19.4. The van der Waals surface area contributed by atoms with Crippen molar-refractivity contribution in [2.75, 3.05) is 36.4 Å². The van der Waals surface area contributed by atoms with Gasteiger partial charge >= 0.3 is 6.18 Å². The molecule has 2 aromatic rings. The summed E-state index contributed by atoms with van der Waals surface area (Å²) in [6, 6.07) is 5.58. The van der Waals surface area contributed by atoms with E-state index in [2.05, 4.69) is 15.3 Å². The third-order valence-corrected chi connectivity index (χ3v) is 4.09. The fraction of sp³-hybridized carbons (Fsp3) is 0.294. The Hall–Kier alpha value is -3.17. The summed E-state index contributed by atoms with van der Waals surface area (Å²) in [6.07, 6.45) is -2.21. The molecule has 1 aromatic heterocycles. The van der Waals surface area contributed by atoms with Crippen LogP contribution in [0.2, 0.25) is 0 Å². The summed E-state index contributed by atoms with van der Waals surface area (Å²) in [7, 11) is 0. The van der Waals surface area contributed by atoms with Gasteiger partial charge in [0.25, 0.3) is 5.91 Å². The minimum atomic E-state index is -4.43. The van der Waals surface area contributed by atoms with E-state index >= 15 is 0 Å². The average Bonchev–Trinajstić information content (AvgIpc) is 2.68. The van der Waals surface area contributed by atoms with Gasteiger partial charge in [-0.1, -0.05) is 0 Å². The molecule has 3 rings (SSSR count). The largest absolute Gasteiger partial charge is 0.416 e. The second kappa shape index (κ2) is 7.60. The van der Waals surface area contributed by atoms with Gasteiger partial charge in [0.05, 0.1) is 5.56 Å². The Morgan fingerprint density at radius 3 is 2.33 bits per heavy atom. The Kier molecular flexibility index (Phi) is 5.24. The molecule has 1 saturated heterocycles. The number of nitrogens with one attached hydrogen (secondary N) is 1. The second-order valence-corrected chi connectivity index (χ2v) is 5.90. The predicted molar refractivity (Wildman–Crippen MR) is 91.3 cm³/mol. The van der Waals surface area contributed by atoms with E-state index in [0.29, 0.717) is 32.1 Å². The van der Waals surface area contributed by atoms with Crippen LogP contribution in [0.15, 0.2) is 36.5 Å². The molecule has 10 heteroatoms. The quantitative estimate of drug-likeness (QED) is 0.823. The molecule has 1 N–H and O–H groups in total.